The molecule has 37 heavy (non-hydrogen) atoms. The fourth-order valence-corrected chi connectivity index (χ4v) is 4.79. The molecule has 1 saturated heterocycles. The number of hydrogen-bond donors (Lipinski definition) is 2. The number of β-amino-alcohol motifs (C(OH)–C–C–N with tert-alkyl or cyclic N) is 1. The van der Waals surface area contributed by atoms with Gasteiger partial charge in [-0.2, -0.15) is 0 Å². The van der Waals surface area contributed by atoms with Gasteiger partial charge in [-0.15, -0.1) is 37.2 Å². The minimum absolute atomic E-state index is 0. The molecule has 1 aliphatic rings. The highest BCUT2D eigenvalue weighted by Gasteiger charge is 2.27. The van der Waals surface area contributed by atoms with Crippen LogP contribution in [-0.4, -0.2) is 57.6 Å². The van der Waals surface area contributed by atoms with Gasteiger partial charge >= 0.3 is 0 Å². The molecule has 198 valence electrons. The van der Waals surface area contributed by atoms with Crippen molar-refractivity contribution < 1.29 is 5.11 Å². The Kier molecular flexibility index (Phi) is 12.1. The van der Waals surface area contributed by atoms with Gasteiger partial charge in [0.2, 0.25) is 0 Å². The third-order valence-electron chi connectivity index (χ3n) is 6.71. The summed E-state index contributed by atoms with van der Waals surface area (Å²) < 4.78 is 0. The smallest absolute Gasteiger partial charge is 0.137 e. The Balaban J connectivity index is 0.00000160. The molecule has 4 aromatic rings. The number of halogens is 3. The second-order valence-corrected chi connectivity index (χ2v) is 9.13. The van der Waals surface area contributed by atoms with Crippen LogP contribution >= 0.6 is 37.2 Å². The van der Waals surface area contributed by atoms with Crippen LogP contribution in [0, 0.1) is 6.92 Å². The lowest BCUT2D eigenvalue weighted by molar-refractivity contribution is 0.0608. The number of aliphatic hydroxyl groups excluding tert-OH is 1. The summed E-state index contributed by atoms with van der Waals surface area (Å²) in [7, 11) is 0. The molecule has 8 heteroatoms. The van der Waals surface area contributed by atoms with Crippen LogP contribution in [0.4, 0.5) is 0 Å². The van der Waals surface area contributed by atoms with Crippen LogP contribution in [0.3, 0.4) is 0 Å². The molecule has 3 aromatic carbocycles. The first kappa shape index (κ1) is 30.8. The molecule has 0 aliphatic carbocycles. The molecule has 0 spiro atoms. The van der Waals surface area contributed by atoms with Crippen molar-refractivity contribution in [2.24, 2.45) is 0 Å². The van der Waals surface area contributed by atoms with Gasteiger partial charge in [0, 0.05) is 38.3 Å². The maximum Gasteiger partial charge on any atom is 0.137 e. The van der Waals surface area contributed by atoms with Crippen molar-refractivity contribution in [3.63, 3.8) is 0 Å². The monoisotopic (exact) mass is 560 g/mol. The first-order chi connectivity index (χ1) is 16.7. The molecule has 2 heterocycles. The highest BCUT2D eigenvalue weighted by molar-refractivity contribution is 5.86. The Labute approximate surface area is 238 Å². The van der Waals surface area contributed by atoms with E-state index in [0.717, 1.165) is 43.3 Å². The summed E-state index contributed by atoms with van der Waals surface area (Å²) in [4.78, 5) is 12.7. The van der Waals surface area contributed by atoms with Crippen LogP contribution in [0.5, 0.6) is 0 Å². The van der Waals surface area contributed by atoms with E-state index in [2.05, 4.69) is 112 Å². The van der Waals surface area contributed by atoms with E-state index in [0.29, 0.717) is 6.54 Å². The summed E-state index contributed by atoms with van der Waals surface area (Å²) in [5, 5.41) is 10.9. The minimum Gasteiger partial charge on any atom is -0.385 e. The molecular weight excluding hydrogens is 527 g/mol. The maximum atomic E-state index is 10.9. The lowest BCUT2D eigenvalue weighted by Crippen LogP contribution is -2.48. The SMILES string of the molecule is Cc1ccc(-c2ncc(C(O)CN3CCN(C(c4ccccc4)c4ccccc4)CC3)[nH]2)cc1.Cl.Cl.Cl. The number of aromatic amines is 1. The third kappa shape index (κ3) is 7.57. The third-order valence-corrected chi connectivity index (χ3v) is 6.71. The molecule has 1 atom stereocenters. The number of aliphatic hydroxyl groups is 1. The van der Waals surface area contributed by atoms with Crippen LogP contribution in [0.25, 0.3) is 11.4 Å². The lowest BCUT2D eigenvalue weighted by Gasteiger charge is -2.40. The molecule has 0 saturated carbocycles. The zero-order chi connectivity index (χ0) is 23.3. The zero-order valence-electron chi connectivity index (χ0n) is 20.9. The van der Waals surface area contributed by atoms with Crippen LogP contribution in [0.2, 0.25) is 0 Å². The first-order valence-corrected chi connectivity index (χ1v) is 12.0. The highest BCUT2D eigenvalue weighted by atomic mass is 35.5. The Morgan fingerprint density at radius 1 is 0.784 bits per heavy atom. The van der Waals surface area contributed by atoms with Gasteiger partial charge in [0.1, 0.15) is 11.9 Å². The molecule has 5 nitrogen and oxygen atoms in total. The number of H-pyrrole nitrogens is 1. The largest absolute Gasteiger partial charge is 0.385 e. The average molecular weight is 562 g/mol. The molecule has 1 fully saturated rings. The van der Waals surface area contributed by atoms with Crippen molar-refractivity contribution in [3.8, 4) is 11.4 Å². The molecule has 5 rings (SSSR count). The van der Waals surface area contributed by atoms with E-state index in [-0.39, 0.29) is 43.3 Å². The molecule has 1 aliphatic heterocycles. The van der Waals surface area contributed by atoms with Gasteiger partial charge in [0.15, 0.2) is 0 Å². The predicted molar refractivity (Wildman–Crippen MR) is 158 cm³/mol. The van der Waals surface area contributed by atoms with Gasteiger partial charge in [-0.25, -0.2) is 4.98 Å². The summed E-state index contributed by atoms with van der Waals surface area (Å²) in [5.74, 6) is 0.799. The predicted octanol–water partition coefficient (Wildman–Crippen LogP) is 6.09. The zero-order valence-corrected chi connectivity index (χ0v) is 23.3. The molecule has 2 N–H and O–H groups in total. The summed E-state index contributed by atoms with van der Waals surface area (Å²) in [6.07, 6.45) is 1.18. The molecule has 1 aromatic heterocycles. The standard InChI is InChI=1S/C29H32N4O.3ClH/c1-22-12-14-25(15-13-22)29-30-20-26(31-29)27(34)21-32-16-18-33(19-17-32)28(23-8-4-2-5-9-23)24-10-6-3-7-11-24;;;/h2-15,20,27-28,34H,16-19,21H2,1H3,(H,30,31);3*1H. The van der Waals surface area contributed by atoms with Crippen LogP contribution < -0.4 is 0 Å². The summed E-state index contributed by atoms with van der Waals surface area (Å²) in [6, 6.07) is 30.0. The number of imidazole rings is 1. The number of hydrogen-bond acceptors (Lipinski definition) is 4. The Morgan fingerprint density at radius 2 is 1.32 bits per heavy atom. The average Bonchev–Trinajstić information content (AvgIpc) is 3.38. The Hall–Kier alpha value is -2.38. The lowest BCUT2D eigenvalue weighted by atomic mass is 9.96. The van der Waals surface area contributed by atoms with E-state index in [1.165, 1.54) is 16.7 Å². The van der Waals surface area contributed by atoms with E-state index in [4.69, 9.17) is 0 Å². The van der Waals surface area contributed by atoms with Crippen molar-refractivity contribution in [2.45, 2.75) is 19.1 Å². The number of piperazine rings is 1. The van der Waals surface area contributed by atoms with Crippen molar-refractivity contribution in [2.75, 3.05) is 32.7 Å². The summed E-state index contributed by atoms with van der Waals surface area (Å²) in [6.45, 7) is 6.43. The van der Waals surface area contributed by atoms with Gasteiger partial charge < -0.3 is 10.1 Å². The van der Waals surface area contributed by atoms with E-state index in [9.17, 15) is 5.11 Å². The topological polar surface area (TPSA) is 55.4 Å². The second kappa shape index (κ2) is 14.5. The van der Waals surface area contributed by atoms with Crippen molar-refractivity contribution in [3.05, 3.63) is 114 Å². The fraction of sp³-hybridized carbons (Fsp3) is 0.276. The van der Waals surface area contributed by atoms with Gasteiger partial charge in [-0.3, -0.25) is 9.80 Å². The van der Waals surface area contributed by atoms with E-state index in [1.54, 1.807) is 6.20 Å². The molecule has 0 bridgehead atoms. The van der Waals surface area contributed by atoms with Crippen molar-refractivity contribution in [1.29, 1.82) is 0 Å². The van der Waals surface area contributed by atoms with Gasteiger partial charge in [-0.1, -0.05) is 90.5 Å². The normalized spacial score (nSPS) is 14.8. The van der Waals surface area contributed by atoms with Crippen LogP contribution in [0.1, 0.15) is 34.5 Å². The summed E-state index contributed by atoms with van der Waals surface area (Å²) in [5.41, 5.74) is 5.66. The molecule has 0 amide bonds. The second-order valence-electron chi connectivity index (χ2n) is 9.13. The molecule has 0 radical (unpaired) electrons. The molecule has 1 unspecified atom stereocenters. The van der Waals surface area contributed by atoms with Crippen molar-refractivity contribution >= 4 is 37.2 Å². The number of nitrogens with zero attached hydrogens (tertiary/aromatic N) is 3. The quantitative estimate of drug-likeness (QED) is 0.287. The number of nitrogens with one attached hydrogen (secondary N) is 1. The van der Waals surface area contributed by atoms with Crippen LogP contribution in [0.15, 0.2) is 91.1 Å². The minimum atomic E-state index is -0.586. The number of aromatic nitrogens is 2. The number of aryl methyl sites for hydroxylation is 1. The van der Waals surface area contributed by atoms with Crippen LogP contribution in [-0.2, 0) is 0 Å². The van der Waals surface area contributed by atoms with E-state index < -0.39 is 6.10 Å². The van der Waals surface area contributed by atoms with Gasteiger partial charge in [0.25, 0.3) is 0 Å². The first-order valence-electron chi connectivity index (χ1n) is 12.0. The maximum absolute atomic E-state index is 10.9. The van der Waals surface area contributed by atoms with E-state index >= 15 is 0 Å². The summed E-state index contributed by atoms with van der Waals surface area (Å²) >= 11 is 0. The highest BCUT2D eigenvalue weighted by Crippen LogP contribution is 2.30. The fourth-order valence-electron chi connectivity index (χ4n) is 4.79. The van der Waals surface area contributed by atoms with Gasteiger partial charge in [0.05, 0.1) is 17.9 Å². The Morgan fingerprint density at radius 3 is 1.86 bits per heavy atom. The Bertz CT molecular complexity index is 1140. The molecular formula is C29H35Cl3N4O. The number of rotatable bonds is 7. The van der Waals surface area contributed by atoms with E-state index in [1.807, 2.05) is 0 Å². The van der Waals surface area contributed by atoms with Crippen molar-refractivity contribution in [1.82, 2.24) is 19.8 Å². The van der Waals surface area contributed by atoms with Gasteiger partial charge in [-0.05, 0) is 18.1 Å². The number of benzene rings is 3.